The minimum Gasteiger partial charge on any atom is -0.369 e. The number of hydrogen-bond acceptors (Lipinski definition) is 3. The van der Waals surface area contributed by atoms with Crippen molar-refractivity contribution in [2.75, 3.05) is 6.61 Å². The zero-order chi connectivity index (χ0) is 16.0. The van der Waals surface area contributed by atoms with Crippen LogP contribution in [0.5, 0.6) is 0 Å². The molecule has 0 heterocycles. The number of carbonyl (C=O) groups excluding carboxylic acids is 1. The van der Waals surface area contributed by atoms with Gasteiger partial charge in [0.1, 0.15) is 6.61 Å². The van der Waals surface area contributed by atoms with Crippen LogP contribution in [0.1, 0.15) is 46.0 Å². The van der Waals surface area contributed by atoms with E-state index in [2.05, 4.69) is 5.32 Å². The van der Waals surface area contributed by atoms with Crippen LogP contribution in [-0.4, -0.2) is 36.9 Å². The van der Waals surface area contributed by atoms with E-state index >= 15 is 0 Å². The molecule has 0 aliphatic heterocycles. The Bertz CT molecular complexity index is 335. The molecule has 1 fully saturated rings. The maximum absolute atomic E-state index is 12.1. The minimum absolute atomic E-state index is 0.150. The third kappa shape index (κ3) is 7.66. The minimum atomic E-state index is -4.31. The van der Waals surface area contributed by atoms with Crippen LogP contribution in [0, 0.1) is 5.92 Å². The van der Waals surface area contributed by atoms with Crippen LogP contribution in [0.25, 0.3) is 0 Å². The summed E-state index contributed by atoms with van der Waals surface area (Å²) in [5.74, 6) is 0.0881. The molecule has 3 unspecified atom stereocenters. The monoisotopic (exact) mass is 310 g/mol. The second-order valence-corrected chi connectivity index (χ2v) is 6.16. The number of alkyl halides is 3. The third-order valence-corrected chi connectivity index (χ3v) is 3.52. The molecule has 0 aromatic rings. The van der Waals surface area contributed by atoms with Crippen molar-refractivity contribution in [2.45, 2.75) is 70.3 Å². The molecule has 124 valence electrons. The van der Waals surface area contributed by atoms with Crippen molar-refractivity contribution in [3.63, 3.8) is 0 Å². The summed E-state index contributed by atoms with van der Waals surface area (Å²) in [6.07, 6.45) is -1.66. The first-order valence-corrected chi connectivity index (χ1v) is 7.41. The van der Waals surface area contributed by atoms with E-state index < -0.39 is 24.9 Å². The van der Waals surface area contributed by atoms with E-state index in [9.17, 15) is 18.0 Å². The molecule has 7 heteroatoms. The fourth-order valence-electron chi connectivity index (χ4n) is 2.56. The Hall–Kier alpha value is -0.820. The van der Waals surface area contributed by atoms with Crippen molar-refractivity contribution in [1.29, 1.82) is 0 Å². The lowest BCUT2D eigenvalue weighted by Gasteiger charge is -2.30. The lowest BCUT2D eigenvalue weighted by Crippen LogP contribution is -2.48. The van der Waals surface area contributed by atoms with Crippen LogP contribution >= 0.6 is 0 Å². The second kappa shape index (κ2) is 7.98. The molecule has 0 bridgehead atoms. The van der Waals surface area contributed by atoms with Gasteiger partial charge in [-0.15, -0.1) is 0 Å². The topological polar surface area (TPSA) is 64.4 Å². The molecule has 0 spiro atoms. The highest BCUT2D eigenvalue weighted by Gasteiger charge is 2.31. The number of rotatable bonds is 6. The van der Waals surface area contributed by atoms with Gasteiger partial charge in [-0.2, -0.15) is 13.2 Å². The van der Waals surface area contributed by atoms with E-state index in [0.717, 1.165) is 12.8 Å². The number of amides is 1. The molecule has 0 saturated heterocycles. The van der Waals surface area contributed by atoms with E-state index in [1.807, 2.05) is 13.8 Å². The molecular weight excluding hydrogens is 285 g/mol. The molecule has 0 radical (unpaired) electrons. The second-order valence-electron chi connectivity index (χ2n) is 6.16. The predicted octanol–water partition coefficient (Wildman–Crippen LogP) is 2.37. The fourth-order valence-corrected chi connectivity index (χ4v) is 2.56. The summed E-state index contributed by atoms with van der Waals surface area (Å²) in [5.41, 5.74) is 5.79. The Morgan fingerprint density at radius 1 is 1.38 bits per heavy atom. The number of hydrogen-bond donors (Lipinski definition) is 2. The van der Waals surface area contributed by atoms with Gasteiger partial charge in [0.2, 0.25) is 5.91 Å². The normalized spacial score (nSPS) is 24.9. The molecular formula is C14H25F3N2O2. The molecule has 3 atom stereocenters. The van der Waals surface area contributed by atoms with Crippen molar-refractivity contribution < 1.29 is 22.7 Å². The highest BCUT2D eigenvalue weighted by Crippen LogP contribution is 2.24. The Labute approximate surface area is 123 Å². The van der Waals surface area contributed by atoms with Crippen molar-refractivity contribution in [3.05, 3.63) is 0 Å². The van der Waals surface area contributed by atoms with Crippen LogP contribution in [0.15, 0.2) is 0 Å². The van der Waals surface area contributed by atoms with E-state index in [4.69, 9.17) is 10.5 Å². The van der Waals surface area contributed by atoms with E-state index in [1.54, 1.807) is 0 Å². The summed E-state index contributed by atoms with van der Waals surface area (Å²) in [6.45, 7) is 2.73. The van der Waals surface area contributed by atoms with Crippen molar-refractivity contribution in [2.24, 2.45) is 11.7 Å². The standard InChI is InChI=1S/C14H25F3N2O2/c1-9(2)6-12(18)13(20)19-10-4-3-5-11(7-10)21-8-14(15,16)17/h9-12H,3-8,18H2,1-2H3,(H,19,20). The molecule has 3 N–H and O–H groups in total. The quantitative estimate of drug-likeness (QED) is 0.791. The smallest absolute Gasteiger partial charge is 0.369 e. The Kier molecular flexibility index (Phi) is 6.93. The predicted molar refractivity (Wildman–Crippen MR) is 73.6 cm³/mol. The lowest BCUT2D eigenvalue weighted by molar-refractivity contribution is -0.188. The van der Waals surface area contributed by atoms with Crippen molar-refractivity contribution in [3.8, 4) is 0 Å². The van der Waals surface area contributed by atoms with Gasteiger partial charge in [0.15, 0.2) is 0 Å². The van der Waals surface area contributed by atoms with Gasteiger partial charge in [0, 0.05) is 6.04 Å². The summed E-state index contributed by atoms with van der Waals surface area (Å²) < 4.78 is 41.3. The van der Waals surface area contributed by atoms with Gasteiger partial charge in [-0.25, -0.2) is 0 Å². The van der Waals surface area contributed by atoms with E-state index in [1.165, 1.54) is 0 Å². The van der Waals surface area contributed by atoms with Gasteiger partial charge in [-0.3, -0.25) is 4.79 Å². The summed E-state index contributed by atoms with van der Waals surface area (Å²) in [6, 6.07) is -0.718. The molecule has 1 rings (SSSR count). The van der Waals surface area contributed by atoms with Crippen LogP contribution in [0.2, 0.25) is 0 Å². The number of carbonyl (C=O) groups is 1. The lowest BCUT2D eigenvalue weighted by atomic mass is 9.92. The summed E-state index contributed by atoms with van der Waals surface area (Å²) in [7, 11) is 0. The van der Waals surface area contributed by atoms with Crippen LogP contribution < -0.4 is 11.1 Å². The Balaban J connectivity index is 2.37. The summed E-state index contributed by atoms with van der Waals surface area (Å²) in [5, 5.41) is 2.83. The first-order chi connectivity index (χ1) is 9.67. The zero-order valence-corrected chi connectivity index (χ0v) is 12.6. The van der Waals surface area contributed by atoms with Gasteiger partial charge in [0.05, 0.1) is 12.1 Å². The number of halogens is 3. The Morgan fingerprint density at radius 2 is 2.05 bits per heavy atom. The van der Waals surface area contributed by atoms with Gasteiger partial charge in [-0.05, 0) is 38.0 Å². The number of ether oxygens (including phenoxy) is 1. The molecule has 4 nitrogen and oxygen atoms in total. The van der Waals surface area contributed by atoms with E-state index in [-0.39, 0.29) is 11.9 Å². The van der Waals surface area contributed by atoms with Crippen molar-refractivity contribution in [1.82, 2.24) is 5.32 Å². The van der Waals surface area contributed by atoms with Gasteiger partial charge in [0.25, 0.3) is 0 Å². The molecule has 0 aromatic carbocycles. The average Bonchev–Trinajstić information content (AvgIpc) is 2.35. The third-order valence-electron chi connectivity index (χ3n) is 3.52. The molecule has 21 heavy (non-hydrogen) atoms. The van der Waals surface area contributed by atoms with Gasteiger partial charge in [-0.1, -0.05) is 13.8 Å². The SMILES string of the molecule is CC(C)CC(N)C(=O)NC1CCCC(OCC(F)(F)F)C1. The molecule has 0 aromatic heterocycles. The maximum atomic E-state index is 12.1. The molecule has 1 aliphatic rings. The zero-order valence-electron chi connectivity index (χ0n) is 12.6. The summed E-state index contributed by atoms with van der Waals surface area (Å²) >= 11 is 0. The maximum Gasteiger partial charge on any atom is 0.411 e. The van der Waals surface area contributed by atoms with Crippen LogP contribution in [0.4, 0.5) is 13.2 Å². The fraction of sp³-hybridized carbons (Fsp3) is 0.929. The van der Waals surface area contributed by atoms with Gasteiger partial charge >= 0.3 is 6.18 Å². The molecule has 1 saturated carbocycles. The van der Waals surface area contributed by atoms with Gasteiger partial charge < -0.3 is 15.8 Å². The average molecular weight is 310 g/mol. The van der Waals surface area contributed by atoms with E-state index in [0.29, 0.717) is 25.2 Å². The number of nitrogens with two attached hydrogens (primary N) is 1. The molecule has 1 aliphatic carbocycles. The van der Waals surface area contributed by atoms with Crippen LogP contribution in [-0.2, 0) is 9.53 Å². The first-order valence-electron chi connectivity index (χ1n) is 7.41. The molecule has 1 amide bonds. The highest BCUT2D eigenvalue weighted by molar-refractivity contribution is 5.81. The summed E-state index contributed by atoms with van der Waals surface area (Å²) in [4.78, 5) is 11.9. The highest BCUT2D eigenvalue weighted by atomic mass is 19.4. The van der Waals surface area contributed by atoms with Crippen LogP contribution in [0.3, 0.4) is 0 Å². The number of nitrogens with one attached hydrogen (secondary N) is 1. The van der Waals surface area contributed by atoms with Crippen molar-refractivity contribution >= 4 is 5.91 Å². The Morgan fingerprint density at radius 3 is 2.62 bits per heavy atom. The first kappa shape index (κ1) is 18.2. The largest absolute Gasteiger partial charge is 0.411 e.